The zero-order chi connectivity index (χ0) is 20.8. The van der Waals surface area contributed by atoms with Gasteiger partial charge in [-0.15, -0.1) is 0 Å². The van der Waals surface area contributed by atoms with Crippen molar-refractivity contribution in [1.29, 1.82) is 0 Å². The number of likely N-dealkylation sites (tertiary alicyclic amines) is 1. The average Bonchev–Trinajstić information content (AvgIpc) is 2.97. The molecule has 2 saturated heterocycles. The molecular formula is C19H24ClF3N4O2. The Morgan fingerprint density at radius 1 is 1.17 bits per heavy atom. The molecule has 1 spiro atoms. The molecule has 0 bridgehead atoms. The van der Waals surface area contributed by atoms with E-state index in [2.05, 4.69) is 9.97 Å². The average molecular weight is 433 g/mol. The molecule has 3 aliphatic rings. The van der Waals surface area contributed by atoms with Crippen LogP contribution in [0.3, 0.4) is 0 Å². The second kappa shape index (κ2) is 7.58. The van der Waals surface area contributed by atoms with Gasteiger partial charge in [-0.3, -0.25) is 4.79 Å². The lowest BCUT2D eigenvalue weighted by atomic mass is 9.78. The summed E-state index contributed by atoms with van der Waals surface area (Å²) in [6, 6.07) is 0.164. The third-order valence-corrected chi connectivity index (χ3v) is 6.84. The van der Waals surface area contributed by atoms with Crippen LogP contribution in [0.25, 0.3) is 0 Å². The van der Waals surface area contributed by atoms with E-state index in [0.29, 0.717) is 38.7 Å². The fourth-order valence-corrected chi connectivity index (χ4v) is 5.17. The smallest absolute Gasteiger partial charge is 0.393 e. The fourth-order valence-electron chi connectivity index (χ4n) is 4.94. The maximum atomic E-state index is 13.3. The third kappa shape index (κ3) is 3.91. The normalized spacial score (nSPS) is 31.0. The van der Waals surface area contributed by atoms with Gasteiger partial charge in [-0.05, 0) is 44.9 Å². The third-order valence-electron chi connectivity index (χ3n) is 6.55. The number of rotatable bonds is 2. The molecule has 10 heteroatoms. The van der Waals surface area contributed by atoms with E-state index in [-0.39, 0.29) is 24.0 Å². The quantitative estimate of drug-likeness (QED) is 0.726. The lowest BCUT2D eigenvalue weighted by molar-refractivity contribution is -0.139. The summed E-state index contributed by atoms with van der Waals surface area (Å²) < 4.78 is 38.7. The van der Waals surface area contributed by atoms with Crippen LogP contribution in [0.5, 0.6) is 0 Å². The molecule has 29 heavy (non-hydrogen) atoms. The zero-order valence-corrected chi connectivity index (χ0v) is 16.7. The Labute approximate surface area is 172 Å². The van der Waals surface area contributed by atoms with Crippen LogP contribution in [-0.4, -0.2) is 57.7 Å². The predicted molar refractivity (Wildman–Crippen MR) is 101 cm³/mol. The van der Waals surface area contributed by atoms with E-state index in [9.17, 15) is 23.1 Å². The number of aromatic nitrogens is 2. The minimum absolute atomic E-state index is 0.113. The van der Waals surface area contributed by atoms with Gasteiger partial charge < -0.3 is 14.9 Å². The number of hydrogen-bond donors (Lipinski definition) is 1. The number of aliphatic hydroxyl groups is 1. The summed E-state index contributed by atoms with van der Waals surface area (Å²) in [5, 5.41) is 9.10. The molecule has 0 aromatic carbocycles. The minimum Gasteiger partial charge on any atom is -0.393 e. The number of hydrogen-bond acceptors (Lipinski definition) is 5. The predicted octanol–water partition coefficient (Wildman–Crippen LogP) is 3.27. The van der Waals surface area contributed by atoms with Crippen LogP contribution in [0.2, 0.25) is 5.15 Å². The number of nitrogens with zero attached hydrogens (tertiary/aromatic N) is 4. The van der Waals surface area contributed by atoms with Crippen LogP contribution >= 0.6 is 11.6 Å². The number of anilines is 1. The van der Waals surface area contributed by atoms with Gasteiger partial charge in [0.15, 0.2) is 0 Å². The molecule has 4 rings (SSSR count). The van der Waals surface area contributed by atoms with E-state index in [1.165, 1.54) is 0 Å². The van der Waals surface area contributed by atoms with E-state index in [1.807, 2.05) is 4.90 Å². The van der Waals surface area contributed by atoms with Crippen molar-refractivity contribution in [2.75, 3.05) is 24.5 Å². The maximum absolute atomic E-state index is 13.3. The highest BCUT2D eigenvalue weighted by Crippen LogP contribution is 2.43. The van der Waals surface area contributed by atoms with Crippen LogP contribution in [0, 0.1) is 5.41 Å². The molecule has 1 amide bonds. The van der Waals surface area contributed by atoms with Crippen molar-refractivity contribution in [3.63, 3.8) is 0 Å². The highest BCUT2D eigenvalue weighted by molar-refractivity contribution is 6.30. The van der Waals surface area contributed by atoms with Crippen molar-refractivity contribution in [3.8, 4) is 0 Å². The number of halogens is 4. The Kier molecular flexibility index (Phi) is 5.40. The van der Waals surface area contributed by atoms with Crippen LogP contribution in [0.4, 0.5) is 19.1 Å². The van der Waals surface area contributed by atoms with Crippen molar-refractivity contribution < 1.29 is 23.1 Å². The van der Waals surface area contributed by atoms with Gasteiger partial charge in [-0.25, -0.2) is 9.97 Å². The lowest BCUT2D eigenvalue weighted by Gasteiger charge is -2.40. The maximum Gasteiger partial charge on any atom is 0.420 e. The molecule has 6 nitrogen and oxygen atoms in total. The minimum atomic E-state index is -4.60. The summed E-state index contributed by atoms with van der Waals surface area (Å²) in [5.74, 6) is 0.246. The number of piperidine rings is 1. The molecule has 1 aromatic heterocycles. The second-order valence-electron chi connectivity index (χ2n) is 8.39. The summed E-state index contributed by atoms with van der Waals surface area (Å²) in [6.07, 6.45) is 1.09. The summed E-state index contributed by atoms with van der Waals surface area (Å²) in [4.78, 5) is 24.8. The number of amides is 1. The van der Waals surface area contributed by atoms with Crippen LogP contribution in [0.15, 0.2) is 6.20 Å². The van der Waals surface area contributed by atoms with Crippen molar-refractivity contribution in [1.82, 2.24) is 14.9 Å². The Balaban J connectivity index is 1.50. The number of alkyl halides is 3. The van der Waals surface area contributed by atoms with Crippen LogP contribution in [-0.2, 0) is 11.0 Å². The van der Waals surface area contributed by atoms with Crippen molar-refractivity contribution >= 4 is 23.5 Å². The van der Waals surface area contributed by atoms with Crippen LogP contribution < -0.4 is 4.90 Å². The molecular weight excluding hydrogens is 409 g/mol. The molecule has 3 fully saturated rings. The van der Waals surface area contributed by atoms with Gasteiger partial charge in [-0.1, -0.05) is 11.6 Å². The van der Waals surface area contributed by atoms with E-state index >= 15 is 0 Å². The second-order valence-corrected chi connectivity index (χ2v) is 8.75. The van der Waals surface area contributed by atoms with Crippen LogP contribution in [0.1, 0.15) is 50.5 Å². The van der Waals surface area contributed by atoms with Gasteiger partial charge in [0.2, 0.25) is 11.9 Å². The van der Waals surface area contributed by atoms with E-state index in [4.69, 9.17) is 11.6 Å². The first-order valence-corrected chi connectivity index (χ1v) is 10.4. The van der Waals surface area contributed by atoms with E-state index < -0.39 is 22.3 Å². The summed E-state index contributed by atoms with van der Waals surface area (Å²) in [7, 11) is 0. The van der Waals surface area contributed by atoms with Gasteiger partial charge in [-0.2, -0.15) is 13.2 Å². The van der Waals surface area contributed by atoms with Gasteiger partial charge in [0.05, 0.1) is 11.5 Å². The molecule has 1 aromatic rings. The zero-order valence-electron chi connectivity index (χ0n) is 16.0. The van der Waals surface area contributed by atoms with Gasteiger partial charge >= 0.3 is 6.18 Å². The largest absolute Gasteiger partial charge is 0.420 e. The first kappa shape index (κ1) is 20.7. The molecule has 160 valence electrons. The van der Waals surface area contributed by atoms with Gasteiger partial charge in [0.25, 0.3) is 0 Å². The number of carbonyl (C=O) groups excluding carboxylic acids is 1. The molecule has 3 heterocycles. The van der Waals surface area contributed by atoms with E-state index in [0.717, 1.165) is 32.1 Å². The standard InChI is InChI=1S/C19H24ClF3N4O2/c20-15-14(19(21,22)23)10-24-17(25-15)26-8-1-6-18(11-26)7-9-27(16(18)29)12-2-4-13(28)5-3-12/h10,12-13,28H,1-9,11H2/t12?,13?,18-/m1/s1. The highest BCUT2D eigenvalue weighted by atomic mass is 35.5. The number of aliphatic hydroxyl groups excluding tert-OH is 1. The Morgan fingerprint density at radius 3 is 2.55 bits per heavy atom. The SMILES string of the molecule is O=C1N(C2CCC(O)CC2)CC[C@@]12CCCN(c1ncc(C(F)(F)F)c(Cl)n1)C2. The highest BCUT2D eigenvalue weighted by Gasteiger charge is 2.51. The van der Waals surface area contributed by atoms with Crippen molar-refractivity contribution in [3.05, 3.63) is 16.9 Å². The Bertz CT molecular complexity index is 785. The summed E-state index contributed by atoms with van der Waals surface area (Å²) in [6.45, 7) is 1.65. The number of carbonyl (C=O) groups is 1. The summed E-state index contributed by atoms with van der Waals surface area (Å²) in [5.41, 5.74) is -1.61. The van der Waals surface area contributed by atoms with Crippen molar-refractivity contribution in [2.45, 2.75) is 63.3 Å². The van der Waals surface area contributed by atoms with Crippen molar-refractivity contribution in [2.24, 2.45) is 5.41 Å². The first-order valence-electron chi connectivity index (χ1n) is 10.0. The van der Waals surface area contributed by atoms with Gasteiger partial charge in [0.1, 0.15) is 10.7 Å². The molecule has 1 aliphatic carbocycles. The fraction of sp³-hybridized carbons (Fsp3) is 0.737. The lowest BCUT2D eigenvalue weighted by Crippen LogP contribution is -2.50. The monoisotopic (exact) mass is 432 g/mol. The molecule has 2 aliphatic heterocycles. The molecule has 0 radical (unpaired) electrons. The van der Waals surface area contributed by atoms with E-state index in [1.54, 1.807) is 4.90 Å². The molecule has 1 atom stereocenters. The first-order chi connectivity index (χ1) is 13.7. The topological polar surface area (TPSA) is 69.6 Å². The molecule has 0 unspecified atom stereocenters. The van der Waals surface area contributed by atoms with Gasteiger partial charge in [0, 0.05) is 31.9 Å². The Morgan fingerprint density at radius 2 is 1.90 bits per heavy atom. The molecule has 1 N–H and O–H groups in total. The molecule has 1 saturated carbocycles. The summed E-state index contributed by atoms with van der Waals surface area (Å²) >= 11 is 5.76. The Hall–Kier alpha value is -1.61.